The Labute approximate surface area is 92.2 Å². The van der Waals surface area contributed by atoms with Crippen LogP contribution in [0.15, 0.2) is 0 Å². The molecular formula is C12H21ClO. The number of hydrogen-bond donors (Lipinski definition) is 0. The van der Waals surface area contributed by atoms with Crippen molar-refractivity contribution in [1.29, 1.82) is 0 Å². The smallest absolute Gasteiger partial charge is 0.0496 e. The standard InChI is InChI=1S/C12H21ClO/c13-12-6-2-1-4-10(8-12)11-5-3-7-14-9-11/h10-12H,1-9H2. The van der Waals surface area contributed by atoms with Crippen molar-refractivity contribution in [3.8, 4) is 0 Å². The molecule has 1 saturated heterocycles. The molecule has 0 bridgehead atoms. The van der Waals surface area contributed by atoms with E-state index in [2.05, 4.69) is 0 Å². The second-order valence-corrected chi connectivity index (χ2v) is 5.47. The highest BCUT2D eigenvalue weighted by molar-refractivity contribution is 6.20. The predicted molar refractivity (Wildman–Crippen MR) is 59.8 cm³/mol. The van der Waals surface area contributed by atoms with E-state index in [4.69, 9.17) is 16.3 Å². The van der Waals surface area contributed by atoms with Gasteiger partial charge in [-0.15, -0.1) is 11.6 Å². The molecule has 3 unspecified atom stereocenters. The van der Waals surface area contributed by atoms with Gasteiger partial charge in [-0.1, -0.05) is 19.3 Å². The van der Waals surface area contributed by atoms with Gasteiger partial charge >= 0.3 is 0 Å². The number of halogens is 1. The van der Waals surface area contributed by atoms with Gasteiger partial charge in [0.1, 0.15) is 0 Å². The summed E-state index contributed by atoms with van der Waals surface area (Å²) < 4.78 is 5.57. The molecule has 14 heavy (non-hydrogen) atoms. The second kappa shape index (κ2) is 5.37. The minimum atomic E-state index is 0.435. The van der Waals surface area contributed by atoms with E-state index >= 15 is 0 Å². The SMILES string of the molecule is ClC1CCCCC(C2CCCOC2)C1. The average Bonchev–Trinajstić information content (AvgIpc) is 2.44. The largest absolute Gasteiger partial charge is 0.381 e. The molecule has 1 heterocycles. The summed E-state index contributed by atoms with van der Waals surface area (Å²) in [6.07, 6.45) is 9.18. The Kier molecular flexibility index (Phi) is 4.12. The van der Waals surface area contributed by atoms with E-state index in [1.807, 2.05) is 0 Å². The molecule has 2 heteroatoms. The Morgan fingerprint density at radius 2 is 1.71 bits per heavy atom. The number of ether oxygens (including phenoxy) is 1. The second-order valence-electron chi connectivity index (χ2n) is 4.85. The maximum atomic E-state index is 6.29. The van der Waals surface area contributed by atoms with Crippen LogP contribution in [-0.4, -0.2) is 18.6 Å². The lowest BCUT2D eigenvalue weighted by Crippen LogP contribution is -2.26. The fraction of sp³-hybridized carbons (Fsp3) is 1.00. The summed E-state index contributed by atoms with van der Waals surface area (Å²) in [5, 5.41) is 0.435. The van der Waals surface area contributed by atoms with Gasteiger partial charge in [0.25, 0.3) is 0 Å². The minimum absolute atomic E-state index is 0.435. The van der Waals surface area contributed by atoms with E-state index in [1.165, 1.54) is 44.9 Å². The van der Waals surface area contributed by atoms with E-state index in [0.717, 1.165) is 25.0 Å². The quantitative estimate of drug-likeness (QED) is 0.481. The molecule has 1 aliphatic carbocycles. The van der Waals surface area contributed by atoms with Crippen LogP contribution in [0.3, 0.4) is 0 Å². The molecular weight excluding hydrogens is 196 g/mol. The van der Waals surface area contributed by atoms with Crippen LogP contribution in [0, 0.1) is 11.8 Å². The third-order valence-corrected chi connectivity index (χ3v) is 4.16. The Bertz CT molecular complexity index is 166. The van der Waals surface area contributed by atoms with Crippen LogP contribution in [0.4, 0.5) is 0 Å². The van der Waals surface area contributed by atoms with Gasteiger partial charge in [0.15, 0.2) is 0 Å². The van der Waals surface area contributed by atoms with E-state index in [1.54, 1.807) is 0 Å². The van der Waals surface area contributed by atoms with Crippen molar-refractivity contribution in [2.75, 3.05) is 13.2 Å². The summed E-state index contributed by atoms with van der Waals surface area (Å²) >= 11 is 6.29. The van der Waals surface area contributed by atoms with Crippen molar-refractivity contribution in [2.45, 2.75) is 50.3 Å². The zero-order chi connectivity index (χ0) is 9.80. The van der Waals surface area contributed by atoms with Crippen LogP contribution in [0.5, 0.6) is 0 Å². The van der Waals surface area contributed by atoms with E-state index in [9.17, 15) is 0 Å². The molecule has 0 N–H and O–H groups in total. The number of alkyl halides is 1. The van der Waals surface area contributed by atoms with Gasteiger partial charge in [-0.2, -0.15) is 0 Å². The molecule has 2 fully saturated rings. The summed E-state index contributed by atoms with van der Waals surface area (Å²) in [5.41, 5.74) is 0. The number of hydrogen-bond acceptors (Lipinski definition) is 1. The summed E-state index contributed by atoms with van der Waals surface area (Å²) in [7, 11) is 0. The molecule has 1 aliphatic heterocycles. The van der Waals surface area contributed by atoms with Gasteiger partial charge < -0.3 is 4.74 Å². The molecule has 1 nitrogen and oxygen atoms in total. The monoisotopic (exact) mass is 216 g/mol. The lowest BCUT2D eigenvalue weighted by atomic mass is 9.83. The van der Waals surface area contributed by atoms with Gasteiger partial charge in [0.05, 0.1) is 0 Å². The van der Waals surface area contributed by atoms with Crippen LogP contribution in [0.25, 0.3) is 0 Å². The van der Waals surface area contributed by atoms with E-state index in [-0.39, 0.29) is 0 Å². The molecule has 0 amide bonds. The highest BCUT2D eigenvalue weighted by Crippen LogP contribution is 2.35. The molecule has 0 aromatic heterocycles. The van der Waals surface area contributed by atoms with E-state index < -0.39 is 0 Å². The highest BCUT2D eigenvalue weighted by atomic mass is 35.5. The molecule has 0 aromatic rings. The van der Waals surface area contributed by atoms with Crippen LogP contribution in [0.2, 0.25) is 0 Å². The third-order valence-electron chi connectivity index (χ3n) is 3.76. The van der Waals surface area contributed by atoms with Crippen LogP contribution in [0.1, 0.15) is 44.9 Å². The number of rotatable bonds is 1. The Balaban J connectivity index is 1.87. The predicted octanol–water partition coefficient (Wildman–Crippen LogP) is 3.60. The molecule has 0 aromatic carbocycles. The highest BCUT2D eigenvalue weighted by Gasteiger charge is 2.27. The maximum absolute atomic E-state index is 6.29. The van der Waals surface area contributed by atoms with Crippen molar-refractivity contribution < 1.29 is 4.74 Å². The van der Waals surface area contributed by atoms with Crippen molar-refractivity contribution in [2.24, 2.45) is 11.8 Å². The normalized spacial score (nSPS) is 40.5. The molecule has 0 radical (unpaired) electrons. The van der Waals surface area contributed by atoms with Gasteiger partial charge in [-0.25, -0.2) is 0 Å². The Morgan fingerprint density at radius 3 is 2.50 bits per heavy atom. The van der Waals surface area contributed by atoms with Crippen LogP contribution >= 0.6 is 11.6 Å². The lowest BCUT2D eigenvalue weighted by Gasteiger charge is -2.30. The van der Waals surface area contributed by atoms with Crippen LogP contribution in [-0.2, 0) is 4.74 Å². The van der Waals surface area contributed by atoms with Crippen molar-refractivity contribution in [3.63, 3.8) is 0 Å². The van der Waals surface area contributed by atoms with Crippen molar-refractivity contribution in [3.05, 3.63) is 0 Å². The fourth-order valence-electron chi connectivity index (χ4n) is 2.90. The summed E-state index contributed by atoms with van der Waals surface area (Å²) in [4.78, 5) is 0. The van der Waals surface area contributed by atoms with Crippen molar-refractivity contribution >= 4 is 11.6 Å². The maximum Gasteiger partial charge on any atom is 0.0496 e. The van der Waals surface area contributed by atoms with Crippen LogP contribution < -0.4 is 0 Å². The first-order valence-electron chi connectivity index (χ1n) is 6.08. The molecule has 2 aliphatic rings. The molecule has 1 saturated carbocycles. The lowest BCUT2D eigenvalue weighted by molar-refractivity contribution is 0.0274. The zero-order valence-corrected chi connectivity index (χ0v) is 9.64. The Hall–Kier alpha value is 0.250. The molecule has 82 valence electrons. The topological polar surface area (TPSA) is 9.23 Å². The van der Waals surface area contributed by atoms with E-state index in [0.29, 0.717) is 5.38 Å². The Morgan fingerprint density at radius 1 is 0.929 bits per heavy atom. The zero-order valence-electron chi connectivity index (χ0n) is 8.88. The van der Waals surface area contributed by atoms with Gasteiger partial charge in [0.2, 0.25) is 0 Å². The van der Waals surface area contributed by atoms with Gasteiger partial charge in [0, 0.05) is 18.6 Å². The minimum Gasteiger partial charge on any atom is -0.381 e. The van der Waals surface area contributed by atoms with Gasteiger partial charge in [-0.3, -0.25) is 0 Å². The first kappa shape index (κ1) is 10.8. The average molecular weight is 217 g/mol. The molecule has 2 rings (SSSR count). The summed E-state index contributed by atoms with van der Waals surface area (Å²) in [6.45, 7) is 1.97. The third kappa shape index (κ3) is 2.87. The summed E-state index contributed by atoms with van der Waals surface area (Å²) in [5.74, 6) is 1.66. The molecule has 3 atom stereocenters. The summed E-state index contributed by atoms with van der Waals surface area (Å²) in [6, 6.07) is 0. The van der Waals surface area contributed by atoms with Gasteiger partial charge in [-0.05, 0) is 37.5 Å². The first-order valence-corrected chi connectivity index (χ1v) is 6.51. The molecule has 0 spiro atoms. The fourth-order valence-corrected chi connectivity index (χ4v) is 3.29. The first-order chi connectivity index (χ1) is 6.86. The van der Waals surface area contributed by atoms with Crippen molar-refractivity contribution in [1.82, 2.24) is 0 Å².